The summed E-state index contributed by atoms with van der Waals surface area (Å²) in [6, 6.07) is 14.4. The van der Waals surface area contributed by atoms with E-state index in [1.54, 1.807) is 12.1 Å². The summed E-state index contributed by atoms with van der Waals surface area (Å²) < 4.78 is 24.5. The summed E-state index contributed by atoms with van der Waals surface area (Å²) in [5.74, 6) is -0.333. The van der Waals surface area contributed by atoms with Crippen LogP contribution in [0.5, 0.6) is 11.5 Å². The third kappa shape index (κ3) is 3.03. The molecular formula is C17H14FNO2. The number of ether oxygens (including phenoxy) is 2. The quantitative estimate of drug-likeness (QED) is 0.631. The molecule has 0 radical (unpaired) electrons. The van der Waals surface area contributed by atoms with E-state index in [9.17, 15) is 9.65 Å². The van der Waals surface area contributed by atoms with Crippen LogP contribution in [0.1, 0.15) is 11.1 Å². The molecule has 0 aliphatic carbocycles. The third-order valence-corrected chi connectivity index (χ3v) is 3.01. The first kappa shape index (κ1) is 14.6. The van der Waals surface area contributed by atoms with Crippen LogP contribution in [0.4, 0.5) is 4.39 Å². The highest BCUT2D eigenvalue weighted by atomic mass is 19.1. The van der Waals surface area contributed by atoms with E-state index in [0.29, 0.717) is 0 Å². The lowest BCUT2D eigenvalue weighted by atomic mass is 10.0. The molecule has 0 bridgehead atoms. The Morgan fingerprint density at radius 3 is 2.38 bits per heavy atom. The van der Waals surface area contributed by atoms with Crippen LogP contribution < -0.4 is 9.47 Å². The Balaban J connectivity index is 2.54. The Kier molecular flexibility index (Phi) is 4.57. The monoisotopic (exact) mass is 283 g/mol. The topological polar surface area (TPSA) is 42.2 Å². The van der Waals surface area contributed by atoms with Crippen LogP contribution in [0.2, 0.25) is 0 Å². The summed E-state index contributed by atoms with van der Waals surface area (Å²) >= 11 is 0. The molecule has 21 heavy (non-hydrogen) atoms. The minimum Gasteiger partial charge on any atom is -0.493 e. The standard InChI is InChI=1S/C17H14FNO2/c1-20-15-9-8-14(16(18)17(15)21-2)13(11-19)10-12-6-4-3-5-7-12/h3-10H,1-2H3/b13-10+. The van der Waals surface area contributed by atoms with E-state index >= 15 is 0 Å². The number of nitriles is 1. The second kappa shape index (κ2) is 6.58. The molecule has 2 aromatic carbocycles. The van der Waals surface area contributed by atoms with E-state index < -0.39 is 5.82 Å². The van der Waals surface area contributed by atoms with E-state index in [4.69, 9.17) is 9.47 Å². The Labute approximate surface area is 122 Å². The van der Waals surface area contributed by atoms with Gasteiger partial charge in [0.05, 0.1) is 25.9 Å². The average Bonchev–Trinajstić information content (AvgIpc) is 2.53. The minimum atomic E-state index is -0.611. The summed E-state index contributed by atoms with van der Waals surface area (Å²) in [7, 11) is 2.79. The van der Waals surface area contributed by atoms with E-state index in [-0.39, 0.29) is 22.6 Å². The van der Waals surface area contributed by atoms with Crippen molar-refractivity contribution in [1.82, 2.24) is 0 Å². The SMILES string of the molecule is COc1ccc(/C(C#N)=C/c2ccccc2)c(F)c1OC. The highest BCUT2D eigenvalue weighted by Crippen LogP contribution is 2.35. The maximum Gasteiger partial charge on any atom is 0.197 e. The molecule has 0 fully saturated rings. The maximum absolute atomic E-state index is 14.5. The zero-order chi connectivity index (χ0) is 15.2. The summed E-state index contributed by atoms with van der Waals surface area (Å²) in [6.07, 6.45) is 1.63. The van der Waals surface area contributed by atoms with E-state index in [1.807, 2.05) is 36.4 Å². The minimum absolute atomic E-state index is 0.00999. The van der Waals surface area contributed by atoms with Crippen LogP contribution in [0.25, 0.3) is 11.6 Å². The molecule has 2 aromatic rings. The Morgan fingerprint density at radius 2 is 1.81 bits per heavy atom. The molecule has 3 nitrogen and oxygen atoms in total. The summed E-state index contributed by atoms with van der Waals surface area (Å²) in [4.78, 5) is 0. The van der Waals surface area contributed by atoms with Crippen molar-refractivity contribution in [2.75, 3.05) is 14.2 Å². The molecule has 0 saturated carbocycles. The first-order chi connectivity index (χ1) is 10.2. The van der Waals surface area contributed by atoms with Crippen molar-refractivity contribution in [3.05, 3.63) is 59.4 Å². The van der Waals surface area contributed by atoms with Gasteiger partial charge in [-0.3, -0.25) is 0 Å². The lowest BCUT2D eigenvalue weighted by molar-refractivity contribution is 0.337. The molecule has 0 spiro atoms. The van der Waals surface area contributed by atoms with Gasteiger partial charge in [0.15, 0.2) is 17.3 Å². The molecule has 0 heterocycles. The number of rotatable bonds is 4. The predicted molar refractivity (Wildman–Crippen MR) is 79.4 cm³/mol. The van der Waals surface area contributed by atoms with Gasteiger partial charge in [0.25, 0.3) is 0 Å². The summed E-state index contributed by atoms with van der Waals surface area (Å²) in [6.45, 7) is 0. The zero-order valence-electron chi connectivity index (χ0n) is 11.8. The van der Waals surface area contributed by atoms with Crippen molar-refractivity contribution in [1.29, 1.82) is 5.26 Å². The Hall–Kier alpha value is -2.80. The van der Waals surface area contributed by atoms with Gasteiger partial charge in [-0.2, -0.15) is 5.26 Å². The molecule has 0 saturated heterocycles. The van der Waals surface area contributed by atoms with E-state index in [2.05, 4.69) is 0 Å². The largest absolute Gasteiger partial charge is 0.493 e. The highest BCUT2D eigenvalue weighted by Gasteiger charge is 2.17. The van der Waals surface area contributed by atoms with Crippen LogP contribution in [0, 0.1) is 17.1 Å². The highest BCUT2D eigenvalue weighted by molar-refractivity contribution is 5.90. The molecule has 0 unspecified atom stereocenters. The van der Waals surface area contributed by atoms with Crippen molar-refractivity contribution in [2.45, 2.75) is 0 Å². The summed E-state index contributed by atoms with van der Waals surface area (Å²) in [5, 5.41) is 9.30. The number of halogens is 1. The molecule has 0 atom stereocenters. The number of hydrogen-bond donors (Lipinski definition) is 0. The fourth-order valence-corrected chi connectivity index (χ4v) is 1.98. The molecule has 106 valence electrons. The molecule has 0 amide bonds. The van der Waals surface area contributed by atoms with Crippen LogP contribution >= 0.6 is 0 Å². The molecule has 0 aliphatic rings. The van der Waals surface area contributed by atoms with Crippen LogP contribution in [0.3, 0.4) is 0 Å². The first-order valence-electron chi connectivity index (χ1n) is 6.29. The smallest absolute Gasteiger partial charge is 0.197 e. The van der Waals surface area contributed by atoms with Crippen LogP contribution in [0.15, 0.2) is 42.5 Å². The van der Waals surface area contributed by atoms with Gasteiger partial charge in [-0.15, -0.1) is 0 Å². The lowest BCUT2D eigenvalue weighted by Gasteiger charge is -2.11. The first-order valence-corrected chi connectivity index (χ1v) is 6.29. The van der Waals surface area contributed by atoms with Crippen molar-refractivity contribution < 1.29 is 13.9 Å². The normalized spacial score (nSPS) is 10.9. The van der Waals surface area contributed by atoms with Crippen molar-refractivity contribution in [3.8, 4) is 17.6 Å². The maximum atomic E-state index is 14.5. The summed E-state index contributed by atoms with van der Waals surface area (Å²) in [5.41, 5.74) is 1.22. The Morgan fingerprint density at radius 1 is 1.10 bits per heavy atom. The third-order valence-electron chi connectivity index (χ3n) is 3.01. The van der Waals surface area contributed by atoms with Gasteiger partial charge in [-0.1, -0.05) is 30.3 Å². The predicted octanol–water partition coefficient (Wildman–Crippen LogP) is 3.91. The van der Waals surface area contributed by atoms with Crippen molar-refractivity contribution in [2.24, 2.45) is 0 Å². The molecular weight excluding hydrogens is 269 g/mol. The van der Waals surface area contributed by atoms with Gasteiger partial charge in [-0.05, 0) is 23.8 Å². The number of nitrogens with zero attached hydrogens (tertiary/aromatic N) is 1. The van der Waals surface area contributed by atoms with Crippen LogP contribution in [-0.2, 0) is 0 Å². The molecule has 0 N–H and O–H groups in total. The number of hydrogen-bond acceptors (Lipinski definition) is 3. The van der Waals surface area contributed by atoms with Gasteiger partial charge >= 0.3 is 0 Å². The fraction of sp³-hybridized carbons (Fsp3) is 0.118. The van der Waals surface area contributed by atoms with Gasteiger partial charge in [0, 0.05) is 5.56 Å². The van der Waals surface area contributed by atoms with Gasteiger partial charge in [-0.25, -0.2) is 4.39 Å². The van der Waals surface area contributed by atoms with Gasteiger partial charge in [0.1, 0.15) is 0 Å². The number of allylic oxidation sites excluding steroid dienone is 1. The Bertz CT molecular complexity index is 703. The number of benzene rings is 2. The molecule has 2 rings (SSSR count). The second-order valence-corrected chi connectivity index (χ2v) is 4.24. The van der Waals surface area contributed by atoms with Gasteiger partial charge < -0.3 is 9.47 Å². The van der Waals surface area contributed by atoms with Crippen molar-refractivity contribution >= 4 is 11.6 Å². The molecule has 0 aromatic heterocycles. The van der Waals surface area contributed by atoms with Gasteiger partial charge in [0.2, 0.25) is 0 Å². The molecule has 0 aliphatic heterocycles. The fourth-order valence-electron chi connectivity index (χ4n) is 1.98. The van der Waals surface area contributed by atoms with Crippen molar-refractivity contribution in [3.63, 3.8) is 0 Å². The number of methoxy groups -OCH3 is 2. The van der Waals surface area contributed by atoms with E-state index in [1.165, 1.54) is 20.3 Å². The average molecular weight is 283 g/mol. The zero-order valence-corrected chi connectivity index (χ0v) is 11.8. The lowest BCUT2D eigenvalue weighted by Crippen LogP contribution is -1.97. The van der Waals surface area contributed by atoms with E-state index in [0.717, 1.165) is 5.56 Å². The molecule has 4 heteroatoms. The second-order valence-electron chi connectivity index (χ2n) is 4.24. The van der Waals surface area contributed by atoms with Crippen LogP contribution in [-0.4, -0.2) is 14.2 Å².